The molecule has 4 rings (SSSR count). The van der Waals surface area contributed by atoms with Gasteiger partial charge < -0.3 is 29.0 Å². The van der Waals surface area contributed by atoms with Gasteiger partial charge in [0.1, 0.15) is 17.7 Å². The van der Waals surface area contributed by atoms with Crippen LogP contribution >= 0.6 is 0 Å². The summed E-state index contributed by atoms with van der Waals surface area (Å²) in [6, 6.07) is 27.7. The average molecular weight is 590 g/mol. The van der Waals surface area contributed by atoms with Crippen LogP contribution in [0.25, 0.3) is 0 Å². The van der Waals surface area contributed by atoms with Crippen molar-refractivity contribution >= 4 is 23.8 Å². The zero-order chi connectivity index (χ0) is 31.0. The van der Waals surface area contributed by atoms with E-state index in [2.05, 4.69) is 5.32 Å². The summed E-state index contributed by atoms with van der Waals surface area (Å²) in [5, 5.41) is 2.62. The molecule has 10 nitrogen and oxygen atoms in total. The predicted octanol–water partition coefficient (Wildman–Crippen LogP) is 3.65. The number of hydrogen-bond donors (Lipinski definition) is 1. The first-order valence-electron chi connectivity index (χ1n) is 13.9. The van der Waals surface area contributed by atoms with E-state index in [0.29, 0.717) is 0 Å². The minimum absolute atomic E-state index is 0.209. The molecule has 1 heterocycles. The van der Waals surface area contributed by atoms with Gasteiger partial charge in [-0.05, 0) is 16.7 Å². The summed E-state index contributed by atoms with van der Waals surface area (Å²) in [7, 11) is 0. The SMILES string of the molecule is CC(=O)N[C@@H]1[C@@H](OC(C)=O)O[C@H](COC(c2ccccc2)(c2ccccc2)c2ccccc2)[C@@H](OC(C)=O)[C@@H]1OC(C)=O. The third-order valence-corrected chi connectivity index (χ3v) is 6.91. The summed E-state index contributed by atoms with van der Waals surface area (Å²) in [5.74, 6) is -2.58. The lowest BCUT2D eigenvalue weighted by Gasteiger charge is -2.45. The molecule has 226 valence electrons. The van der Waals surface area contributed by atoms with E-state index in [1.807, 2.05) is 91.0 Å². The Morgan fingerprint density at radius 3 is 1.47 bits per heavy atom. The van der Waals surface area contributed by atoms with Crippen molar-refractivity contribution in [3.63, 3.8) is 0 Å². The monoisotopic (exact) mass is 589 g/mol. The lowest BCUT2D eigenvalue weighted by molar-refractivity contribution is -0.275. The van der Waals surface area contributed by atoms with Crippen molar-refractivity contribution in [3.8, 4) is 0 Å². The van der Waals surface area contributed by atoms with Crippen LogP contribution in [0.15, 0.2) is 91.0 Å². The molecule has 43 heavy (non-hydrogen) atoms. The smallest absolute Gasteiger partial charge is 0.305 e. The van der Waals surface area contributed by atoms with Crippen molar-refractivity contribution < 1.29 is 42.9 Å². The molecule has 0 bridgehead atoms. The lowest BCUT2D eigenvalue weighted by atomic mass is 9.80. The molecule has 1 fully saturated rings. The maximum Gasteiger partial charge on any atom is 0.305 e. The van der Waals surface area contributed by atoms with E-state index in [9.17, 15) is 19.2 Å². The van der Waals surface area contributed by atoms with Gasteiger partial charge in [-0.15, -0.1) is 0 Å². The summed E-state index contributed by atoms with van der Waals surface area (Å²) in [6.07, 6.45) is -4.98. The van der Waals surface area contributed by atoms with Crippen molar-refractivity contribution in [1.82, 2.24) is 5.32 Å². The zero-order valence-electron chi connectivity index (χ0n) is 24.4. The summed E-state index contributed by atoms with van der Waals surface area (Å²) in [5.41, 5.74) is 1.29. The van der Waals surface area contributed by atoms with Gasteiger partial charge in [0.25, 0.3) is 0 Å². The molecule has 1 N–H and O–H groups in total. The van der Waals surface area contributed by atoms with Crippen LogP contribution in [0.1, 0.15) is 44.4 Å². The van der Waals surface area contributed by atoms with E-state index in [-0.39, 0.29) is 6.61 Å². The van der Waals surface area contributed by atoms with Crippen molar-refractivity contribution in [2.24, 2.45) is 0 Å². The summed E-state index contributed by atoms with van der Waals surface area (Å²) in [6.45, 7) is 4.61. The van der Waals surface area contributed by atoms with Gasteiger partial charge in [-0.25, -0.2) is 0 Å². The van der Waals surface area contributed by atoms with Gasteiger partial charge in [0, 0.05) is 27.7 Å². The van der Waals surface area contributed by atoms with Crippen LogP contribution in [-0.4, -0.2) is 61.1 Å². The standard InChI is InChI=1S/C33H35NO9/c1-21(35)34-29-31(41-23(3)37)30(40-22(2)36)28(43-32(29)42-24(4)38)20-39-33(25-14-8-5-9-15-25,26-16-10-6-11-17-26)27-18-12-7-13-19-27/h5-19,28-32H,20H2,1-4H3,(H,34,35)/t28-,29+,30-,31-,32+/m1/s1. The Morgan fingerprint density at radius 1 is 0.651 bits per heavy atom. The first-order chi connectivity index (χ1) is 20.6. The van der Waals surface area contributed by atoms with E-state index < -0.39 is 60.1 Å². The molecule has 0 aromatic heterocycles. The maximum atomic E-state index is 12.3. The van der Waals surface area contributed by atoms with Crippen LogP contribution in [0.2, 0.25) is 0 Å². The maximum absolute atomic E-state index is 12.3. The average Bonchev–Trinajstić information content (AvgIpc) is 2.97. The van der Waals surface area contributed by atoms with E-state index in [1.54, 1.807) is 0 Å². The molecule has 1 aliphatic rings. The van der Waals surface area contributed by atoms with Gasteiger partial charge in [0.2, 0.25) is 12.2 Å². The van der Waals surface area contributed by atoms with E-state index in [4.69, 9.17) is 23.7 Å². The summed E-state index contributed by atoms with van der Waals surface area (Å²) in [4.78, 5) is 48.7. The number of amides is 1. The Kier molecular flexibility index (Phi) is 10.3. The molecule has 10 heteroatoms. The van der Waals surface area contributed by atoms with Crippen LogP contribution in [-0.2, 0) is 48.5 Å². The highest BCUT2D eigenvalue weighted by Gasteiger charge is 2.52. The largest absolute Gasteiger partial charge is 0.456 e. The van der Waals surface area contributed by atoms with Crippen LogP contribution in [0.5, 0.6) is 0 Å². The van der Waals surface area contributed by atoms with E-state index in [1.165, 1.54) is 27.7 Å². The number of carbonyl (C=O) groups is 4. The molecule has 0 saturated carbocycles. The fourth-order valence-corrected chi connectivity index (χ4v) is 5.33. The second-order valence-corrected chi connectivity index (χ2v) is 10.1. The minimum atomic E-state index is -1.38. The quantitative estimate of drug-likeness (QED) is 0.214. The first kappa shape index (κ1) is 31.4. The number of benzene rings is 3. The number of esters is 3. The van der Waals surface area contributed by atoms with E-state index in [0.717, 1.165) is 16.7 Å². The Morgan fingerprint density at radius 2 is 1.07 bits per heavy atom. The molecule has 5 atom stereocenters. The van der Waals surface area contributed by atoms with Crippen molar-refractivity contribution in [3.05, 3.63) is 108 Å². The highest BCUT2D eigenvalue weighted by atomic mass is 16.7. The molecule has 1 saturated heterocycles. The molecular formula is C33H35NO9. The normalized spacial score (nSPS) is 21.7. The summed E-state index contributed by atoms with van der Waals surface area (Å²) >= 11 is 0. The van der Waals surface area contributed by atoms with Crippen molar-refractivity contribution in [2.75, 3.05) is 6.61 Å². The third kappa shape index (κ3) is 7.46. The third-order valence-electron chi connectivity index (χ3n) is 6.91. The highest BCUT2D eigenvalue weighted by Crippen LogP contribution is 2.41. The molecular weight excluding hydrogens is 554 g/mol. The van der Waals surface area contributed by atoms with Crippen LogP contribution < -0.4 is 5.32 Å². The molecule has 3 aromatic carbocycles. The molecule has 3 aromatic rings. The Labute approximate surface area is 250 Å². The number of nitrogens with one attached hydrogen (secondary N) is 1. The fraction of sp³-hybridized carbons (Fsp3) is 0.333. The molecule has 0 spiro atoms. The van der Waals surface area contributed by atoms with Gasteiger partial charge in [0.05, 0.1) is 6.61 Å². The number of rotatable bonds is 10. The van der Waals surface area contributed by atoms with E-state index >= 15 is 0 Å². The molecule has 0 unspecified atom stereocenters. The molecule has 0 aliphatic carbocycles. The van der Waals surface area contributed by atoms with Crippen molar-refractivity contribution in [2.45, 2.75) is 63.9 Å². The fourth-order valence-electron chi connectivity index (χ4n) is 5.33. The van der Waals surface area contributed by atoms with Crippen LogP contribution in [0.3, 0.4) is 0 Å². The Balaban J connectivity index is 1.83. The number of ether oxygens (including phenoxy) is 5. The molecule has 1 aliphatic heterocycles. The van der Waals surface area contributed by atoms with Gasteiger partial charge in [0.15, 0.2) is 12.2 Å². The van der Waals surface area contributed by atoms with Gasteiger partial charge >= 0.3 is 17.9 Å². The van der Waals surface area contributed by atoms with Crippen molar-refractivity contribution in [1.29, 1.82) is 0 Å². The molecule has 1 amide bonds. The van der Waals surface area contributed by atoms with Gasteiger partial charge in [-0.1, -0.05) is 91.0 Å². The minimum Gasteiger partial charge on any atom is -0.456 e. The summed E-state index contributed by atoms with van der Waals surface area (Å²) < 4.78 is 29.7. The topological polar surface area (TPSA) is 126 Å². The van der Waals surface area contributed by atoms with Crippen LogP contribution in [0.4, 0.5) is 0 Å². The zero-order valence-corrected chi connectivity index (χ0v) is 24.4. The lowest BCUT2D eigenvalue weighted by Crippen LogP contribution is -2.67. The van der Waals surface area contributed by atoms with Crippen LogP contribution in [0, 0.1) is 0 Å². The second-order valence-electron chi connectivity index (χ2n) is 10.1. The first-order valence-corrected chi connectivity index (χ1v) is 13.9. The van der Waals surface area contributed by atoms with Gasteiger partial charge in [-0.2, -0.15) is 0 Å². The van der Waals surface area contributed by atoms with Gasteiger partial charge in [-0.3, -0.25) is 19.2 Å². The second kappa shape index (κ2) is 14.1. The molecule has 0 radical (unpaired) electrons. The Bertz CT molecular complexity index is 1300. The highest BCUT2D eigenvalue weighted by molar-refractivity contribution is 5.74. The number of hydrogen-bond acceptors (Lipinski definition) is 9. The predicted molar refractivity (Wildman–Crippen MR) is 154 cm³/mol. The number of carbonyl (C=O) groups excluding carboxylic acids is 4. The Hall–Kier alpha value is -4.54.